The number of carbonyl (C=O) groups excluding carboxylic acids is 1. The van der Waals surface area contributed by atoms with Crippen LogP contribution >= 0.6 is 23.5 Å². The van der Waals surface area contributed by atoms with Crippen LogP contribution in [0.4, 0.5) is 26.3 Å². The second-order valence-corrected chi connectivity index (χ2v) is 13.2. The van der Waals surface area contributed by atoms with Crippen LogP contribution in [0.15, 0.2) is 89.8 Å². The van der Waals surface area contributed by atoms with Crippen molar-refractivity contribution in [2.75, 3.05) is 0 Å². The number of hydrogen-bond acceptors (Lipinski definition) is 6. The van der Waals surface area contributed by atoms with Crippen LogP contribution in [0.5, 0.6) is 11.5 Å². The van der Waals surface area contributed by atoms with Gasteiger partial charge in [0, 0.05) is 26.3 Å². The van der Waals surface area contributed by atoms with E-state index in [0.717, 1.165) is 23.2 Å². The quantitative estimate of drug-likeness (QED) is 0.114. The number of carbonyl (C=O) groups is 2. The summed E-state index contributed by atoms with van der Waals surface area (Å²) in [4.78, 5) is 26.0. The summed E-state index contributed by atoms with van der Waals surface area (Å²) in [6.07, 6.45) is -4.91. The van der Waals surface area contributed by atoms with Crippen molar-refractivity contribution in [3.8, 4) is 11.5 Å². The van der Waals surface area contributed by atoms with Crippen LogP contribution in [0.2, 0.25) is 0 Å². The van der Waals surface area contributed by atoms with Gasteiger partial charge in [-0.25, -0.2) is 4.79 Å². The average molecular weight is 684 g/mol. The SMILES string of the molecule is CC(C)(SCc1ccccc1OC(F)(F)F)C(NC(=O)c1ccc2ccccc2c1OCc1ccc(SC(F)(F)F)cc1)C(=O)O. The summed E-state index contributed by atoms with van der Waals surface area (Å²) in [5.41, 5.74) is -3.71. The molecule has 6 nitrogen and oxygen atoms in total. The van der Waals surface area contributed by atoms with Gasteiger partial charge in [0.2, 0.25) is 0 Å². The summed E-state index contributed by atoms with van der Waals surface area (Å²) in [6, 6.07) is 19.7. The second kappa shape index (κ2) is 14.2. The van der Waals surface area contributed by atoms with Gasteiger partial charge in [0.1, 0.15) is 24.1 Å². The maximum absolute atomic E-state index is 13.6. The highest BCUT2D eigenvalue weighted by molar-refractivity contribution is 8.00. The maximum Gasteiger partial charge on any atom is 0.573 e. The minimum atomic E-state index is -4.91. The van der Waals surface area contributed by atoms with Crippen molar-refractivity contribution in [3.63, 3.8) is 0 Å². The van der Waals surface area contributed by atoms with E-state index in [0.29, 0.717) is 10.9 Å². The van der Waals surface area contributed by atoms with Crippen LogP contribution in [-0.2, 0) is 17.2 Å². The molecule has 1 atom stereocenters. The molecule has 0 aliphatic rings. The molecule has 1 amide bonds. The molecule has 14 heteroatoms. The molecule has 2 N–H and O–H groups in total. The lowest BCUT2D eigenvalue weighted by molar-refractivity contribution is -0.274. The van der Waals surface area contributed by atoms with Crippen LogP contribution in [0, 0.1) is 0 Å². The van der Waals surface area contributed by atoms with Gasteiger partial charge in [-0.1, -0.05) is 60.7 Å². The molecule has 0 saturated carbocycles. The molecule has 0 spiro atoms. The first-order valence-electron chi connectivity index (χ1n) is 13.5. The third kappa shape index (κ3) is 9.49. The monoisotopic (exact) mass is 683 g/mol. The minimum absolute atomic E-state index is 0.00181. The number of benzene rings is 4. The van der Waals surface area contributed by atoms with Crippen LogP contribution < -0.4 is 14.8 Å². The first-order valence-corrected chi connectivity index (χ1v) is 15.3. The van der Waals surface area contributed by atoms with Crippen LogP contribution in [0.25, 0.3) is 10.8 Å². The van der Waals surface area contributed by atoms with Gasteiger partial charge >= 0.3 is 17.8 Å². The molecule has 244 valence electrons. The zero-order chi connectivity index (χ0) is 33.7. The molecule has 0 saturated heterocycles. The molecular formula is C32H27F6NO5S2. The third-order valence-corrected chi connectivity index (χ3v) is 8.85. The number of carboxylic acids is 1. The molecule has 4 rings (SSSR count). The molecule has 0 heterocycles. The van der Waals surface area contributed by atoms with E-state index >= 15 is 0 Å². The number of fused-ring (bicyclic) bond motifs is 1. The van der Waals surface area contributed by atoms with Crippen LogP contribution in [0.1, 0.15) is 35.3 Å². The van der Waals surface area contributed by atoms with E-state index in [1.165, 1.54) is 48.5 Å². The minimum Gasteiger partial charge on any atom is -0.487 e. The van der Waals surface area contributed by atoms with Crippen molar-refractivity contribution >= 4 is 46.2 Å². The number of aliphatic carboxylic acids is 1. The lowest BCUT2D eigenvalue weighted by Crippen LogP contribution is -2.52. The van der Waals surface area contributed by atoms with Crippen molar-refractivity contribution in [2.24, 2.45) is 0 Å². The first-order chi connectivity index (χ1) is 21.5. The number of halogens is 6. The van der Waals surface area contributed by atoms with Crippen LogP contribution in [0.3, 0.4) is 0 Å². The summed E-state index contributed by atoms with van der Waals surface area (Å²) < 4.78 is 85.7. The summed E-state index contributed by atoms with van der Waals surface area (Å²) in [5.74, 6) is -2.48. The van der Waals surface area contributed by atoms with E-state index in [-0.39, 0.29) is 45.9 Å². The lowest BCUT2D eigenvalue weighted by atomic mass is 10.0. The molecule has 46 heavy (non-hydrogen) atoms. The number of thioether (sulfide) groups is 2. The van der Waals surface area contributed by atoms with Crippen LogP contribution in [-0.4, -0.2) is 39.6 Å². The molecule has 0 radical (unpaired) electrons. The lowest BCUT2D eigenvalue weighted by Gasteiger charge is -2.32. The zero-order valence-corrected chi connectivity index (χ0v) is 25.9. The van der Waals surface area contributed by atoms with Gasteiger partial charge in [-0.05, 0) is 60.8 Å². The molecular weight excluding hydrogens is 656 g/mol. The molecule has 0 aliphatic carbocycles. The number of para-hydroxylation sites is 1. The molecule has 0 bridgehead atoms. The standard InChI is InChI=1S/C32H27F6NO5S2/c1-30(2,45-18-21-8-4-6-10-25(21)44-31(33,34)35)27(29(41)42)39-28(40)24-16-13-20-7-3-5-9-23(20)26(24)43-17-19-11-14-22(15-12-19)46-32(36,37)38/h3-16,27H,17-18H2,1-2H3,(H,39,40)(H,41,42). The van der Waals surface area contributed by atoms with Crippen molar-refractivity contribution < 1.29 is 50.5 Å². The Labute approximate surface area is 268 Å². The average Bonchev–Trinajstić information content (AvgIpc) is 2.97. The summed E-state index contributed by atoms with van der Waals surface area (Å²) in [6.45, 7) is 2.99. The Bertz CT molecular complexity index is 1690. The van der Waals surface area contributed by atoms with E-state index in [1.54, 1.807) is 44.2 Å². The van der Waals surface area contributed by atoms with Gasteiger partial charge in [0.25, 0.3) is 5.91 Å². The van der Waals surface area contributed by atoms with Crippen molar-refractivity contribution in [1.29, 1.82) is 0 Å². The van der Waals surface area contributed by atoms with E-state index < -0.39 is 40.3 Å². The largest absolute Gasteiger partial charge is 0.573 e. The van der Waals surface area contributed by atoms with E-state index in [1.807, 2.05) is 0 Å². The fourth-order valence-corrected chi connectivity index (χ4v) is 6.09. The highest BCUT2D eigenvalue weighted by Crippen LogP contribution is 2.38. The van der Waals surface area contributed by atoms with Crippen molar-refractivity contribution in [2.45, 2.75) is 53.8 Å². The Morgan fingerprint density at radius 1 is 0.870 bits per heavy atom. The third-order valence-electron chi connectivity index (χ3n) is 6.68. The number of amides is 1. The smallest absolute Gasteiger partial charge is 0.487 e. The molecule has 1 unspecified atom stereocenters. The Morgan fingerprint density at radius 3 is 2.17 bits per heavy atom. The normalized spacial score (nSPS) is 12.9. The van der Waals surface area contributed by atoms with Gasteiger partial charge in [-0.3, -0.25) is 4.79 Å². The predicted octanol–water partition coefficient (Wildman–Crippen LogP) is 8.82. The summed E-state index contributed by atoms with van der Waals surface area (Å²) in [7, 11) is 0. The van der Waals surface area contributed by atoms with E-state index in [2.05, 4.69) is 10.1 Å². The molecule has 4 aromatic rings. The first kappa shape index (κ1) is 34.8. The van der Waals surface area contributed by atoms with Crippen molar-refractivity contribution in [3.05, 3.63) is 102 Å². The molecule has 0 aromatic heterocycles. The maximum atomic E-state index is 13.6. The zero-order valence-electron chi connectivity index (χ0n) is 24.2. The fraction of sp³-hybridized carbons (Fsp3) is 0.250. The van der Waals surface area contributed by atoms with Gasteiger partial charge < -0.3 is 19.9 Å². The Morgan fingerprint density at radius 2 is 1.52 bits per heavy atom. The highest BCUT2D eigenvalue weighted by Gasteiger charge is 2.38. The summed E-state index contributed by atoms with van der Waals surface area (Å²) >= 11 is 0.770. The van der Waals surface area contributed by atoms with Gasteiger partial charge in [0.05, 0.1) is 5.56 Å². The number of hydrogen-bond donors (Lipinski definition) is 2. The van der Waals surface area contributed by atoms with Crippen molar-refractivity contribution in [1.82, 2.24) is 5.32 Å². The fourth-order valence-electron chi connectivity index (χ4n) is 4.46. The number of rotatable bonds is 12. The van der Waals surface area contributed by atoms with Gasteiger partial charge in [0.15, 0.2) is 0 Å². The molecule has 0 fully saturated rings. The van der Waals surface area contributed by atoms with Gasteiger partial charge in [-0.15, -0.1) is 24.9 Å². The molecule has 0 aliphatic heterocycles. The predicted molar refractivity (Wildman–Crippen MR) is 164 cm³/mol. The number of alkyl halides is 6. The number of carboxylic acid groups (broad SMARTS) is 1. The topological polar surface area (TPSA) is 84.9 Å². The Balaban J connectivity index is 1.55. The highest BCUT2D eigenvalue weighted by atomic mass is 32.2. The Hall–Kier alpha value is -4.04. The van der Waals surface area contributed by atoms with E-state index in [4.69, 9.17) is 4.74 Å². The van der Waals surface area contributed by atoms with Gasteiger partial charge in [-0.2, -0.15) is 13.2 Å². The molecule has 4 aromatic carbocycles. The number of ether oxygens (including phenoxy) is 2. The van der Waals surface area contributed by atoms with E-state index in [9.17, 15) is 41.0 Å². The summed E-state index contributed by atoms with van der Waals surface area (Å²) in [5, 5.41) is 13.9. The number of nitrogens with one attached hydrogen (secondary N) is 1. The second-order valence-electron chi connectivity index (χ2n) is 10.4. The Kier molecular flexibility index (Phi) is 10.7.